The maximum Gasteiger partial charge on any atom is 0.276 e. The van der Waals surface area contributed by atoms with Crippen LogP contribution >= 0.6 is 0 Å². The van der Waals surface area contributed by atoms with E-state index in [1.165, 1.54) is 0 Å². The summed E-state index contributed by atoms with van der Waals surface area (Å²) in [7, 11) is 0. The average Bonchev–Trinajstić information content (AvgIpc) is 2.99. The molecule has 0 radical (unpaired) electrons. The van der Waals surface area contributed by atoms with Crippen LogP contribution in [0.1, 0.15) is 47.5 Å². The number of fused-ring (bicyclic) bond motifs is 1. The fraction of sp³-hybridized carbons (Fsp3) is 0.778. The highest BCUT2D eigenvalue weighted by Gasteiger charge is 2.34. The normalized spacial score (nSPS) is 28.4. The number of aryl methyl sites for hydroxylation is 1. The number of likely N-dealkylation sites (tertiary alicyclic amines) is 1. The highest BCUT2D eigenvalue weighted by Crippen LogP contribution is 2.26. The monoisotopic (exact) mass is 349 g/mol. The minimum absolute atomic E-state index is 0.0401. The number of aromatic nitrogens is 1. The van der Waals surface area contributed by atoms with E-state index < -0.39 is 6.10 Å². The van der Waals surface area contributed by atoms with Crippen LogP contribution in [0.3, 0.4) is 0 Å². The Morgan fingerprint density at radius 3 is 2.68 bits per heavy atom. The Balaban J connectivity index is 1.45. The van der Waals surface area contributed by atoms with Crippen LogP contribution in [-0.4, -0.2) is 77.5 Å². The summed E-state index contributed by atoms with van der Waals surface area (Å²) < 4.78 is 10.8. The van der Waals surface area contributed by atoms with Gasteiger partial charge in [-0.15, -0.1) is 0 Å². The van der Waals surface area contributed by atoms with Crippen LogP contribution in [0.5, 0.6) is 0 Å². The summed E-state index contributed by atoms with van der Waals surface area (Å²) in [5.41, 5.74) is 1.50. The van der Waals surface area contributed by atoms with Gasteiger partial charge in [-0.2, -0.15) is 0 Å². The number of amides is 1. The third kappa shape index (κ3) is 3.45. The number of hydrogen-bond acceptors (Lipinski definition) is 6. The molecule has 1 amide bonds. The van der Waals surface area contributed by atoms with Crippen LogP contribution in [0, 0.1) is 0 Å². The Morgan fingerprint density at radius 1 is 1.08 bits per heavy atom. The molecule has 0 unspecified atom stereocenters. The van der Waals surface area contributed by atoms with Gasteiger partial charge < -0.3 is 19.3 Å². The van der Waals surface area contributed by atoms with Crippen molar-refractivity contribution < 1.29 is 19.2 Å². The van der Waals surface area contributed by atoms with Crippen molar-refractivity contribution in [2.45, 2.75) is 50.7 Å². The first-order valence-corrected chi connectivity index (χ1v) is 9.50. The number of hydrogen-bond donors (Lipinski definition) is 1. The summed E-state index contributed by atoms with van der Waals surface area (Å²) >= 11 is 0. The molecular formula is C18H27N3O4. The number of carbonyl (C=O) groups is 1. The third-order valence-corrected chi connectivity index (χ3v) is 5.79. The molecule has 1 aromatic rings. The van der Waals surface area contributed by atoms with Gasteiger partial charge in [0.25, 0.3) is 5.91 Å². The Kier molecular flexibility index (Phi) is 5.05. The second kappa shape index (κ2) is 7.43. The van der Waals surface area contributed by atoms with Crippen molar-refractivity contribution in [2.24, 2.45) is 0 Å². The Hall–Kier alpha value is -1.44. The molecule has 2 atom stereocenters. The molecule has 7 heteroatoms. The largest absolute Gasteiger partial charge is 0.391 e. The van der Waals surface area contributed by atoms with Gasteiger partial charge >= 0.3 is 0 Å². The lowest BCUT2D eigenvalue weighted by molar-refractivity contribution is -0.0222. The topological polar surface area (TPSA) is 79.0 Å². The van der Waals surface area contributed by atoms with Crippen molar-refractivity contribution >= 4 is 5.91 Å². The lowest BCUT2D eigenvalue weighted by Crippen LogP contribution is -2.49. The van der Waals surface area contributed by atoms with Gasteiger partial charge in [0.15, 0.2) is 5.69 Å². The van der Waals surface area contributed by atoms with Crippen LogP contribution in [0.25, 0.3) is 0 Å². The van der Waals surface area contributed by atoms with Gasteiger partial charge in [0.05, 0.1) is 19.3 Å². The molecule has 0 saturated carbocycles. The first-order valence-electron chi connectivity index (χ1n) is 9.50. The van der Waals surface area contributed by atoms with E-state index >= 15 is 0 Å². The molecule has 138 valence electrons. The Labute approximate surface area is 147 Å². The number of rotatable bonds is 2. The lowest BCUT2D eigenvalue weighted by atomic mass is 9.96. The van der Waals surface area contributed by atoms with Crippen molar-refractivity contribution in [3.05, 3.63) is 17.0 Å². The van der Waals surface area contributed by atoms with E-state index in [2.05, 4.69) is 10.1 Å². The van der Waals surface area contributed by atoms with Crippen molar-refractivity contribution in [2.75, 3.05) is 39.4 Å². The molecule has 1 aromatic heterocycles. The second-order valence-corrected chi connectivity index (χ2v) is 7.29. The number of carbonyl (C=O) groups excluding carboxylic acids is 1. The van der Waals surface area contributed by atoms with E-state index in [-0.39, 0.29) is 11.9 Å². The van der Waals surface area contributed by atoms with Crippen molar-refractivity contribution in [1.29, 1.82) is 0 Å². The summed E-state index contributed by atoms with van der Waals surface area (Å²) in [5, 5.41) is 14.6. The minimum Gasteiger partial charge on any atom is -0.391 e. The summed E-state index contributed by atoms with van der Waals surface area (Å²) in [6, 6.07) is 0.105. The van der Waals surface area contributed by atoms with Gasteiger partial charge in [-0.1, -0.05) is 5.16 Å². The maximum atomic E-state index is 13.0. The Bertz CT molecular complexity index is 611. The summed E-state index contributed by atoms with van der Waals surface area (Å²) in [6.07, 6.45) is 4.95. The van der Waals surface area contributed by atoms with E-state index in [1.807, 2.05) is 4.90 Å². The van der Waals surface area contributed by atoms with E-state index in [4.69, 9.17) is 9.26 Å². The summed E-state index contributed by atoms with van der Waals surface area (Å²) in [6.45, 7) is 4.37. The standard InChI is InChI=1S/C18H27N3O4/c22-15-6-8-21(7-5-14(15)20-9-11-24-12-10-20)18(23)17-13-3-1-2-4-16(13)25-19-17/h14-15,22H,1-12H2/t14-,15-/m0/s1. The van der Waals surface area contributed by atoms with E-state index in [0.717, 1.165) is 69.7 Å². The van der Waals surface area contributed by atoms with Gasteiger partial charge in [-0.25, -0.2) is 0 Å². The second-order valence-electron chi connectivity index (χ2n) is 7.29. The molecule has 7 nitrogen and oxygen atoms in total. The molecule has 2 aliphatic heterocycles. The van der Waals surface area contributed by atoms with Crippen LogP contribution in [0.4, 0.5) is 0 Å². The minimum atomic E-state index is -0.401. The van der Waals surface area contributed by atoms with Gasteiger partial charge in [0.2, 0.25) is 0 Å². The third-order valence-electron chi connectivity index (χ3n) is 5.79. The smallest absolute Gasteiger partial charge is 0.276 e. The zero-order valence-electron chi connectivity index (χ0n) is 14.7. The molecule has 4 rings (SSSR count). The number of nitrogens with zero attached hydrogens (tertiary/aromatic N) is 3. The fourth-order valence-corrected chi connectivity index (χ4v) is 4.31. The van der Waals surface area contributed by atoms with Crippen molar-refractivity contribution in [1.82, 2.24) is 15.0 Å². The average molecular weight is 349 g/mol. The predicted octanol–water partition coefficient (Wildman–Crippen LogP) is 0.851. The lowest BCUT2D eigenvalue weighted by Gasteiger charge is -2.36. The summed E-state index contributed by atoms with van der Waals surface area (Å²) in [5.74, 6) is 0.845. The SMILES string of the molecule is O=C(c1noc2c1CCCC2)N1CC[C@H](O)[C@@H](N2CCOCC2)CC1. The molecule has 3 heterocycles. The van der Waals surface area contributed by atoms with E-state index in [9.17, 15) is 9.90 Å². The van der Waals surface area contributed by atoms with E-state index in [0.29, 0.717) is 25.2 Å². The van der Waals surface area contributed by atoms with Gasteiger partial charge in [-0.3, -0.25) is 9.69 Å². The number of aliphatic hydroxyl groups is 1. The molecule has 1 aliphatic carbocycles. The molecule has 0 spiro atoms. The maximum absolute atomic E-state index is 13.0. The fourth-order valence-electron chi connectivity index (χ4n) is 4.31. The highest BCUT2D eigenvalue weighted by molar-refractivity contribution is 5.94. The quantitative estimate of drug-likeness (QED) is 0.853. The number of ether oxygens (including phenoxy) is 1. The highest BCUT2D eigenvalue weighted by atomic mass is 16.5. The summed E-state index contributed by atoms with van der Waals surface area (Å²) in [4.78, 5) is 17.1. The molecule has 1 N–H and O–H groups in total. The molecule has 25 heavy (non-hydrogen) atoms. The molecule has 2 fully saturated rings. The Morgan fingerprint density at radius 2 is 1.84 bits per heavy atom. The molecule has 3 aliphatic rings. The predicted molar refractivity (Wildman–Crippen MR) is 90.5 cm³/mol. The van der Waals surface area contributed by atoms with Gasteiger partial charge in [-0.05, 0) is 32.1 Å². The first-order chi connectivity index (χ1) is 12.2. The van der Waals surface area contributed by atoms with Crippen LogP contribution in [0.2, 0.25) is 0 Å². The molecule has 0 aromatic carbocycles. The number of aliphatic hydroxyl groups excluding tert-OH is 1. The van der Waals surface area contributed by atoms with E-state index in [1.54, 1.807) is 0 Å². The zero-order chi connectivity index (χ0) is 17.2. The van der Waals surface area contributed by atoms with Gasteiger partial charge in [0, 0.05) is 44.2 Å². The zero-order valence-corrected chi connectivity index (χ0v) is 14.7. The first kappa shape index (κ1) is 17.0. The van der Waals surface area contributed by atoms with Gasteiger partial charge in [0.1, 0.15) is 5.76 Å². The van der Waals surface area contributed by atoms with Crippen molar-refractivity contribution in [3.8, 4) is 0 Å². The van der Waals surface area contributed by atoms with Crippen LogP contribution in [-0.2, 0) is 17.6 Å². The molecule has 0 bridgehead atoms. The molecular weight excluding hydrogens is 322 g/mol. The molecule has 2 saturated heterocycles. The number of morpholine rings is 1. The van der Waals surface area contributed by atoms with Crippen molar-refractivity contribution in [3.63, 3.8) is 0 Å². The van der Waals surface area contributed by atoms with Crippen LogP contribution < -0.4 is 0 Å². The van der Waals surface area contributed by atoms with Crippen LogP contribution in [0.15, 0.2) is 4.52 Å².